The Morgan fingerprint density at radius 2 is 1.78 bits per heavy atom. The van der Waals surface area contributed by atoms with Crippen LogP contribution >= 0.6 is 8.46 Å². The summed E-state index contributed by atoms with van der Waals surface area (Å²) in [5.74, 6) is -1.47. The number of hydrogen-bond donors (Lipinski definition) is 0. The van der Waals surface area contributed by atoms with Gasteiger partial charge in [0.2, 0.25) is 0 Å². The maximum Gasteiger partial charge on any atom is 0.363 e. The minimum atomic E-state index is -4.09. The van der Waals surface area contributed by atoms with Crippen molar-refractivity contribution in [3.05, 3.63) is 29.8 Å². The summed E-state index contributed by atoms with van der Waals surface area (Å²) in [7, 11) is -5.20. The lowest BCUT2D eigenvalue weighted by Crippen LogP contribution is -2.45. The third kappa shape index (κ3) is 6.35. The third-order valence-electron chi connectivity index (χ3n) is 4.02. The largest absolute Gasteiger partial charge is 0.466 e. The zero-order valence-corrected chi connectivity index (χ0v) is 18.0. The summed E-state index contributed by atoms with van der Waals surface area (Å²) in [6.45, 7) is 6.81. The van der Waals surface area contributed by atoms with E-state index in [9.17, 15) is 17.8 Å². The van der Waals surface area contributed by atoms with Crippen LogP contribution in [0.3, 0.4) is 0 Å². The predicted octanol–water partition coefficient (Wildman–Crippen LogP) is 3.44. The lowest BCUT2D eigenvalue weighted by molar-refractivity contribution is -0.158. The first-order valence-corrected chi connectivity index (χ1v) is 11.2. The Morgan fingerprint density at radius 1 is 1.15 bits per heavy atom. The maximum absolute atomic E-state index is 12.5. The Hall–Kier alpha value is -1.34. The Balaban J connectivity index is 3.15. The number of benzene rings is 1. The molecule has 7 nitrogen and oxygen atoms in total. The highest BCUT2D eigenvalue weighted by molar-refractivity contribution is 7.86. The summed E-state index contributed by atoms with van der Waals surface area (Å²) < 4.78 is 52.9. The fraction of sp³-hybridized carbons (Fsp3) is 0.611. The van der Waals surface area contributed by atoms with Gasteiger partial charge in [0.25, 0.3) is 10.1 Å². The average Bonchev–Trinajstić information content (AvgIpc) is 2.64. The molecule has 0 heterocycles. The molecule has 1 rings (SSSR count). The normalized spacial score (nSPS) is 15.3. The fourth-order valence-corrected chi connectivity index (χ4v) is 4.42. The van der Waals surface area contributed by atoms with Crippen LogP contribution in [-0.4, -0.2) is 39.5 Å². The van der Waals surface area contributed by atoms with Gasteiger partial charge in [0.1, 0.15) is 12.5 Å². The number of carbonyl (C=O) groups is 1. The van der Waals surface area contributed by atoms with Gasteiger partial charge in [-0.15, -0.1) is 0 Å². The molecule has 0 saturated carbocycles. The van der Waals surface area contributed by atoms with Crippen LogP contribution in [0.2, 0.25) is 0 Å². The zero-order valence-electron chi connectivity index (χ0n) is 16.2. The molecule has 3 atom stereocenters. The van der Waals surface area contributed by atoms with Gasteiger partial charge in [-0.3, -0.25) is 8.98 Å². The summed E-state index contributed by atoms with van der Waals surface area (Å²) in [4.78, 5) is 12.4. The van der Waals surface area contributed by atoms with Crippen molar-refractivity contribution in [2.75, 3.05) is 19.8 Å². The Kier molecular flexibility index (Phi) is 9.53. The van der Waals surface area contributed by atoms with E-state index in [0.717, 1.165) is 5.56 Å². The van der Waals surface area contributed by atoms with E-state index in [1.54, 1.807) is 26.0 Å². The molecule has 1 aromatic rings. The van der Waals surface area contributed by atoms with Gasteiger partial charge in [-0.2, -0.15) is 8.42 Å². The second-order valence-electron chi connectivity index (χ2n) is 6.05. The molecule has 0 aliphatic rings. The zero-order chi connectivity index (χ0) is 20.5. The van der Waals surface area contributed by atoms with Crippen LogP contribution in [0.1, 0.15) is 39.2 Å². The van der Waals surface area contributed by atoms with Crippen molar-refractivity contribution < 1.29 is 31.4 Å². The van der Waals surface area contributed by atoms with Gasteiger partial charge < -0.3 is 9.47 Å². The highest BCUT2D eigenvalue weighted by Gasteiger charge is 2.53. The first-order chi connectivity index (χ1) is 12.8. The minimum Gasteiger partial charge on any atom is -0.466 e. The van der Waals surface area contributed by atoms with Crippen molar-refractivity contribution in [3.8, 4) is 0 Å². The molecule has 0 radical (unpaired) electrons. The molecule has 0 aromatic heterocycles. The second kappa shape index (κ2) is 10.9. The van der Waals surface area contributed by atoms with Crippen LogP contribution in [0.4, 0.5) is 0 Å². The molecule has 0 fully saturated rings. The number of ether oxygens (including phenoxy) is 2. The SMILES string of the molecule is CCCC(C(=O)OCC)C(COS(=O)(=O)c1ccc(C)cc1)(OCC)[PH+]=O. The van der Waals surface area contributed by atoms with Crippen molar-refractivity contribution in [1.82, 2.24) is 0 Å². The van der Waals surface area contributed by atoms with Crippen molar-refractivity contribution >= 4 is 24.5 Å². The molecule has 0 amide bonds. The summed E-state index contributed by atoms with van der Waals surface area (Å²) >= 11 is 0. The lowest BCUT2D eigenvalue weighted by atomic mass is 9.96. The van der Waals surface area contributed by atoms with Gasteiger partial charge in [0.15, 0.2) is 0 Å². The number of rotatable bonds is 12. The first-order valence-electron chi connectivity index (χ1n) is 8.92. The van der Waals surface area contributed by atoms with Gasteiger partial charge in [-0.05, 0) is 39.3 Å². The lowest BCUT2D eigenvalue weighted by Gasteiger charge is -2.27. The highest BCUT2D eigenvalue weighted by Crippen LogP contribution is 2.38. The summed E-state index contributed by atoms with van der Waals surface area (Å²) in [5, 5.41) is -1.59. The quantitative estimate of drug-likeness (QED) is 0.291. The molecule has 0 aliphatic carbocycles. The molecule has 152 valence electrons. The average molecular weight is 419 g/mol. The molecule has 3 unspecified atom stereocenters. The fourth-order valence-electron chi connectivity index (χ4n) is 2.64. The van der Waals surface area contributed by atoms with Crippen LogP contribution < -0.4 is 0 Å². The van der Waals surface area contributed by atoms with Gasteiger partial charge in [-0.25, -0.2) is 0 Å². The van der Waals surface area contributed by atoms with Gasteiger partial charge in [0.05, 0.1) is 11.5 Å². The topological polar surface area (TPSA) is 96.0 Å². The number of hydrogen-bond acceptors (Lipinski definition) is 7. The highest BCUT2D eigenvalue weighted by atomic mass is 32.2. The molecule has 0 saturated heterocycles. The maximum atomic E-state index is 12.5. The van der Waals surface area contributed by atoms with Crippen LogP contribution in [0, 0.1) is 12.8 Å². The second-order valence-corrected chi connectivity index (χ2v) is 8.71. The summed E-state index contributed by atoms with van der Waals surface area (Å²) in [6.07, 6.45) is 0.940. The van der Waals surface area contributed by atoms with Crippen molar-refractivity contribution in [2.45, 2.75) is 50.8 Å². The van der Waals surface area contributed by atoms with Crippen molar-refractivity contribution in [1.29, 1.82) is 0 Å². The molecule has 0 N–H and O–H groups in total. The number of aryl methyl sites for hydroxylation is 1. The number of carbonyl (C=O) groups excluding carboxylic acids is 1. The molecular weight excluding hydrogens is 391 g/mol. The molecule has 0 spiro atoms. The molecule has 9 heteroatoms. The Bertz CT molecular complexity index is 718. The summed E-state index contributed by atoms with van der Waals surface area (Å²) in [5.41, 5.74) is 0.906. The van der Waals surface area contributed by atoms with Gasteiger partial charge >= 0.3 is 19.8 Å². The molecular formula is C18H28O7PS+. The molecule has 27 heavy (non-hydrogen) atoms. The summed E-state index contributed by atoms with van der Waals surface area (Å²) in [6, 6.07) is 6.17. The van der Waals surface area contributed by atoms with Crippen LogP contribution in [-0.2, 0) is 33.1 Å². The van der Waals surface area contributed by atoms with Gasteiger partial charge in [0, 0.05) is 6.61 Å². The van der Waals surface area contributed by atoms with E-state index in [4.69, 9.17) is 13.7 Å². The predicted molar refractivity (Wildman–Crippen MR) is 103 cm³/mol. The smallest absolute Gasteiger partial charge is 0.363 e. The Labute approximate surface area is 162 Å². The van der Waals surface area contributed by atoms with E-state index in [1.807, 2.05) is 13.8 Å². The minimum absolute atomic E-state index is 0.0177. The van der Waals surface area contributed by atoms with Crippen LogP contribution in [0.5, 0.6) is 0 Å². The van der Waals surface area contributed by atoms with E-state index < -0.39 is 42.4 Å². The molecule has 0 aliphatic heterocycles. The standard InChI is InChI=1S/C18H27O7PS/c1-5-8-16(17(19)23-6-2)18(26-20,24-7-3)13-25-27(21,22)15-11-9-14(4)10-12-15/h9-12,16H,5-8,13H2,1-4H3/p+1. The third-order valence-corrected chi connectivity index (χ3v) is 6.28. The molecule has 0 bridgehead atoms. The van der Waals surface area contributed by atoms with Crippen molar-refractivity contribution in [2.24, 2.45) is 5.92 Å². The van der Waals surface area contributed by atoms with E-state index in [1.165, 1.54) is 12.1 Å². The van der Waals surface area contributed by atoms with E-state index in [-0.39, 0.29) is 18.1 Å². The van der Waals surface area contributed by atoms with E-state index >= 15 is 0 Å². The molecule has 1 aromatic carbocycles. The first kappa shape index (κ1) is 23.7. The number of esters is 1. The van der Waals surface area contributed by atoms with E-state index in [0.29, 0.717) is 12.8 Å². The van der Waals surface area contributed by atoms with Gasteiger partial charge in [-0.1, -0.05) is 35.6 Å². The van der Waals surface area contributed by atoms with E-state index in [2.05, 4.69) is 0 Å². The van der Waals surface area contributed by atoms with Crippen LogP contribution in [0.15, 0.2) is 29.2 Å². The van der Waals surface area contributed by atoms with Crippen molar-refractivity contribution in [3.63, 3.8) is 0 Å². The Morgan fingerprint density at radius 3 is 2.26 bits per heavy atom. The van der Waals surface area contributed by atoms with Crippen LogP contribution in [0.25, 0.3) is 0 Å². The monoisotopic (exact) mass is 419 g/mol.